The van der Waals surface area contributed by atoms with Crippen molar-refractivity contribution < 1.29 is 19.0 Å². The number of hydrogen-bond acceptors (Lipinski definition) is 4. The number of aromatic amines is 1. The van der Waals surface area contributed by atoms with E-state index in [4.69, 9.17) is 9.47 Å². The first kappa shape index (κ1) is 13.0. The van der Waals surface area contributed by atoms with Crippen LogP contribution in [-0.4, -0.2) is 32.3 Å². The number of esters is 1. The number of hydrogen-bond donors (Lipinski definition) is 1. The summed E-state index contributed by atoms with van der Waals surface area (Å²) < 4.78 is 15.1. The molecule has 5 nitrogen and oxygen atoms in total. The summed E-state index contributed by atoms with van der Waals surface area (Å²) in [5.74, 6) is 0.984. The first-order valence-corrected chi connectivity index (χ1v) is 5.68. The van der Waals surface area contributed by atoms with E-state index in [9.17, 15) is 4.79 Å². The quantitative estimate of drug-likeness (QED) is 0.859. The maximum absolute atomic E-state index is 11.4. The number of carbonyl (C=O) groups excluding carboxylic acids is 1. The fraction of sp³-hybridized carbons (Fsp3) is 0.214. The second kappa shape index (κ2) is 5.48. The third-order valence-corrected chi connectivity index (χ3v) is 2.81. The van der Waals surface area contributed by atoms with Crippen LogP contribution >= 0.6 is 0 Å². The van der Waals surface area contributed by atoms with Crippen LogP contribution < -0.4 is 9.47 Å². The van der Waals surface area contributed by atoms with Gasteiger partial charge in [0.25, 0.3) is 0 Å². The fourth-order valence-electron chi connectivity index (χ4n) is 1.81. The predicted molar refractivity (Wildman–Crippen MR) is 70.7 cm³/mol. The number of H-pyrrole nitrogens is 1. The molecule has 0 atom stereocenters. The zero-order valence-electron chi connectivity index (χ0n) is 11.0. The van der Waals surface area contributed by atoms with Gasteiger partial charge in [0, 0.05) is 23.4 Å². The number of rotatable bonds is 4. The Bertz CT molecular complexity index is 589. The van der Waals surface area contributed by atoms with Crippen LogP contribution in [0, 0.1) is 0 Å². The Morgan fingerprint density at radius 3 is 2.53 bits per heavy atom. The van der Waals surface area contributed by atoms with E-state index < -0.39 is 5.97 Å². The lowest BCUT2D eigenvalue weighted by atomic mass is 10.1. The number of methoxy groups -OCH3 is 3. The van der Waals surface area contributed by atoms with Gasteiger partial charge in [0.05, 0.1) is 21.3 Å². The molecule has 1 N–H and O–H groups in total. The highest BCUT2D eigenvalue weighted by Gasteiger charge is 2.13. The molecule has 0 aliphatic carbocycles. The molecule has 0 aliphatic rings. The summed E-state index contributed by atoms with van der Waals surface area (Å²) >= 11 is 0. The summed E-state index contributed by atoms with van der Waals surface area (Å²) in [6.07, 6.45) is 1.73. The molecule has 0 bridgehead atoms. The molecule has 0 unspecified atom stereocenters. The lowest BCUT2D eigenvalue weighted by Gasteiger charge is -2.08. The topological polar surface area (TPSA) is 60.6 Å². The Morgan fingerprint density at radius 2 is 1.89 bits per heavy atom. The molecule has 0 saturated carbocycles. The van der Waals surface area contributed by atoms with Gasteiger partial charge in [-0.15, -0.1) is 0 Å². The highest BCUT2D eigenvalue weighted by atomic mass is 16.5. The summed E-state index contributed by atoms with van der Waals surface area (Å²) in [4.78, 5) is 14.3. The lowest BCUT2D eigenvalue weighted by molar-refractivity contribution is 0.0595. The summed E-state index contributed by atoms with van der Waals surface area (Å²) in [5.41, 5.74) is 2.12. The number of benzene rings is 1. The molecule has 1 heterocycles. The standard InChI is InChI=1S/C14H15NO4/c1-17-10-4-5-11(13(7-10)18-2)9-6-12(15-8-9)14(16)19-3/h4-8,15H,1-3H3. The number of carbonyl (C=O) groups is 1. The van der Waals surface area contributed by atoms with Gasteiger partial charge in [0.2, 0.25) is 0 Å². The third-order valence-electron chi connectivity index (χ3n) is 2.81. The highest BCUT2D eigenvalue weighted by Crippen LogP contribution is 2.33. The average molecular weight is 261 g/mol. The summed E-state index contributed by atoms with van der Waals surface area (Å²) in [5, 5.41) is 0. The van der Waals surface area contributed by atoms with Crippen LogP contribution in [0.4, 0.5) is 0 Å². The van der Waals surface area contributed by atoms with E-state index in [2.05, 4.69) is 9.72 Å². The molecule has 1 aromatic heterocycles. The number of aromatic nitrogens is 1. The molecule has 0 amide bonds. The monoisotopic (exact) mass is 261 g/mol. The zero-order chi connectivity index (χ0) is 13.8. The van der Waals surface area contributed by atoms with Gasteiger partial charge >= 0.3 is 5.97 Å². The van der Waals surface area contributed by atoms with Gasteiger partial charge in [0.1, 0.15) is 17.2 Å². The van der Waals surface area contributed by atoms with E-state index in [0.717, 1.165) is 11.1 Å². The first-order valence-electron chi connectivity index (χ1n) is 5.68. The van der Waals surface area contributed by atoms with Crippen molar-refractivity contribution >= 4 is 5.97 Å². The Labute approximate surface area is 111 Å². The van der Waals surface area contributed by atoms with Gasteiger partial charge in [-0.1, -0.05) is 0 Å². The zero-order valence-corrected chi connectivity index (χ0v) is 11.0. The fourth-order valence-corrected chi connectivity index (χ4v) is 1.81. The normalized spacial score (nSPS) is 10.1. The van der Waals surface area contributed by atoms with Crippen molar-refractivity contribution in [3.63, 3.8) is 0 Å². The molecule has 0 aliphatic heterocycles. The van der Waals surface area contributed by atoms with E-state index >= 15 is 0 Å². The minimum Gasteiger partial charge on any atom is -0.497 e. The van der Waals surface area contributed by atoms with E-state index in [-0.39, 0.29) is 0 Å². The Morgan fingerprint density at radius 1 is 1.11 bits per heavy atom. The Balaban J connectivity index is 2.41. The van der Waals surface area contributed by atoms with Gasteiger partial charge in [-0.05, 0) is 18.2 Å². The summed E-state index contributed by atoms with van der Waals surface area (Å²) in [6, 6.07) is 7.22. The van der Waals surface area contributed by atoms with Crippen molar-refractivity contribution in [2.45, 2.75) is 0 Å². The van der Waals surface area contributed by atoms with E-state index in [1.165, 1.54) is 7.11 Å². The van der Waals surface area contributed by atoms with E-state index in [0.29, 0.717) is 17.2 Å². The second-order valence-corrected chi connectivity index (χ2v) is 3.86. The van der Waals surface area contributed by atoms with Crippen molar-refractivity contribution in [2.24, 2.45) is 0 Å². The van der Waals surface area contributed by atoms with Crippen molar-refractivity contribution in [1.29, 1.82) is 0 Å². The van der Waals surface area contributed by atoms with Crippen molar-refractivity contribution in [3.8, 4) is 22.6 Å². The van der Waals surface area contributed by atoms with Gasteiger partial charge < -0.3 is 19.2 Å². The van der Waals surface area contributed by atoms with Crippen LogP contribution in [0.25, 0.3) is 11.1 Å². The molecular formula is C14H15NO4. The Hall–Kier alpha value is -2.43. The SMILES string of the molecule is COC(=O)c1cc(-c2ccc(OC)cc2OC)c[nH]1. The van der Waals surface area contributed by atoms with Crippen LogP contribution in [0.15, 0.2) is 30.5 Å². The smallest absolute Gasteiger partial charge is 0.354 e. The van der Waals surface area contributed by atoms with Crippen LogP contribution in [0.2, 0.25) is 0 Å². The molecule has 19 heavy (non-hydrogen) atoms. The summed E-state index contributed by atoms with van der Waals surface area (Å²) in [6.45, 7) is 0. The van der Waals surface area contributed by atoms with Gasteiger partial charge in [-0.25, -0.2) is 4.79 Å². The van der Waals surface area contributed by atoms with Gasteiger partial charge in [0.15, 0.2) is 0 Å². The first-order chi connectivity index (χ1) is 9.19. The van der Waals surface area contributed by atoms with Crippen LogP contribution in [0.1, 0.15) is 10.5 Å². The second-order valence-electron chi connectivity index (χ2n) is 3.86. The third kappa shape index (κ3) is 2.54. The van der Waals surface area contributed by atoms with E-state index in [1.54, 1.807) is 32.5 Å². The average Bonchev–Trinajstić information content (AvgIpc) is 2.95. The molecule has 2 rings (SSSR count). The molecule has 0 spiro atoms. The van der Waals surface area contributed by atoms with Crippen molar-refractivity contribution in [2.75, 3.05) is 21.3 Å². The van der Waals surface area contributed by atoms with Gasteiger partial charge in [-0.3, -0.25) is 0 Å². The lowest BCUT2D eigenvalue weighted by Crippen LogP contribution is -2.00. The molecule has 0 fully saturated rings. The van der Waals surface area contributed by atoms with Crippen LogP contribution in [0.5, 0.6) is 11.5 Å². The van der Waals surface area contributed by atoms with Crippen LogP contribution in [0.3, 0.4) is 0 Å². The molecule has 5 heteroatoms. The van der Waals surface area contributed by atoms with Crippen LogP contribution in [-0.2, 0) is 4.74 Å². The van der Waals surface area contributed by atoms with Crippen molar-refractivity contribution in [1.82, 2.24) is 4.98 Å². The molecule has 1 aromatic carbocycles. The molecule has 100 valence electrons. The minimum atomic E-state index is -0.404. The largest absolute Gasteiger partial charge is 0.497 e. The molecule has 0 radical (unpaired) electrons. The minimum absolute atomic E-state index is 0.398. The highest BCUT2D eigenvalue weighted by molar-refractivity contribution is 5.89. The number of nitrogens with one attached hydrogen (secondary N) is 1. The maximum Gasteiger partial charge on any atom is 0.354 e. The van der Waals surface area contributed by atoms with Gasteiger partial charge in [-0.2, -0.15) is 0 Å². The molecular weight excluding hydrogens is 246 g/mol. The van der Waals surface area contributed by atoms with E-state index in [1.807, 2.05) is 12.1 Å². The molecule has 2 aromatic rings. The summed E-state index contributed by atoms with van der Waals surface area (Å²) in [7, 11) is 4.53. The van der Waals surface area contributed by atoms with Crippen molar-refractivity contribution in [3.05, 3.63) is 36.2 Å². The predicted octanol–water partition coefficient (Wildman–Crippen LogP) is 2.49. The Kier molecular flexibility index (Phi) is 3.75. The molecule has 0 saturated heterocycles. The maximum atomic E-state index is 11.4. The number of ether oxygens (including phenoxy) is 3.